The third-order valence-corrected chi connectivity index (χ3v) is 5.46. The van der Waals surface area contributed by atoms with Crippen LogP contribution in [0.4, 0.5) is 5.95 Å². The first-order valence-electron chi connectivity index (χ1n) is 10.4. The molecule has 0 spiro atoms. The predicted octanol–water partition coefficient (Wildman–Crippen LogP) is 1.55. The van der Waals surface area contributed by atoms with Crippen molar-refractivity contribution >= 4 is 34.8 Å². The Hall–Kier alpha value is -4.15. The van der Waals surface area contributed by atoms with E-state index in [4.69, 9.17) is 10.8 Å². The summed E-state index contributed by atoms with van der Waals surface area (Å²) in [5.41, 5.74) is 7.42. The van der Waals surface area contributed by atoms with E-state index in [2.05, 4.69) is 15.3 Å². The molecule has 3 rings (SSSR count). The van der Waals surface area contributed by atoms with E-state index < -0.39 is 29.4 Å². The highest BCUT2D eigenvalue weighted by Crippen LogP contribution is 2.24. The largest absolute Gasteiger partial charge is 0.481 e. The van der Waals surface area contributed by atoms with Crippen LogP contribution in [0.2, 0.25) is 0 Å². The second-order valence-electron chi connectivity index (χ2n) is 7.68. The van der Waals surface area contributed by atoms with Gasteiger partial charge in [0, 0.05) is 30.6 Å². The fourth-order valence-corrected chi connectivity index (χ4v) is 3.67. The van der Waals surface area contributed by atoms with Crippen LogP contribution in [0.5, 0.6) is 0 Å². The Balaban J connectivity index is 1.74. The lowest BCUT2D eigenvalue weighted by Gasteiger charge is -2.18. The quantitative estimate of drug-likeness (QED) is 0.305. The average molecular weight is 455 g/mol. The number of benzene rings is 1. The number of anilines is 1. The molecule has 0 fully saturated rings. The molecule has 0 saturated carbocycles. The maximum absolute atomic E-state index is 12.4. The highest BCUT2D eigenvalue weighted by Gasteiger charge is 2.22. The van der Waals surface area contributed by atoms with Crippen LogP contribution < -0.4 is 16.6 Å². The zero-order valence-corrected chi connectivity index (χ0v) is 17.9. The van der Waals surface area contributed by atoms with E-state index in [0.717, 1.165) is 12.0 Å². The summed E-state index contributed by atoms with van der Waals surface area (Å²) in [5.74, 6) is -2.94. The molecule has 1 unspecified atom stereocenters. The zero-order chi connectivity index (χ0) is 24.1. The highest BCUT2D eigenvalue weighted by atomic mass is 16.4. The molecule has 0 aliphatic carbocycles. The Labute approximate surface area is 188 Å². The number of nitrogens with two attached hydrogens (primary N) is 1. The van der Waals surface area contributed by atoms with Gasteiger partial charge in [0.1, 0.15) is 11.6 Å². The zero-order valence-electron chi connectivity index (χ0n) is 17.9. The molecule has 2 heterocycles. The van der Waals surface area contributed by atoms with Gasteiger partial charge in [-0.05, 0) is 36.6 Å². The second-order valence-corrected chi connectivity index (χ2v) is 7.68. The van der Waals surface area contributed by atoms with Gasteiger partial charge >= 0.3 is 11.9 Å². The molecule has 0 saturated heterocycles. The molecule has 6 N–H and O–H groups in total. The summed E-state index contributed by atoms with van der Waals surface area (Å²) >= 11 is 0. The summed E-state index contributed by atoms with van der Waals surface area (Å²) in [7, 11) is 0. The number of carbonyl (C=O) groups excluding carboxylic acids is 1. The molecule has 1 amide bonds. The van der Waals surface area contributed by atoms with Crippen molar-refractivity contribution in [2.45, 2.75) is 44.7 Å². The van der Waals surface area contributed by atoms with Crippen LogP contribution in [-0.4, -0.2) is 48.6 Å². The van der Waals surface area contributed by atoms with E-state index in [1.807, 2.05) is 11.5 Å². The van der Waals surface area contributed by atoms with Crippen LogP contribution >= 0.6 is 0 Å². The van der Waals surface area contributed by atoms with Crippen molar-refractivity contribution in [1.82, 2.24) is 19.9 Å². The number of H-pyrrole nitrogens is 1. The lowest BCUT2D eigenvalue weighted by Crippen LogP contribution is -2.41. The maximum Gasteiger partial charge on any atom is 0.326 e. The summed E-state index contributed by atoms with van der Waals surface area (Å²) in [5, 5.41) is 20.3. The van der Waals surface area contributed by atoms with Gasteiger partial charge in [-0.15, -0.1) is 0 Å². The summed E-state index contributed by atoms with van der Waals surface area (Å²) < 4.78 is 1.81. The first kappa shape index (κ1) is 23.5. The van der Waals surface area contributed by atoms with Gasteiger partial charge in [0.25, 0.3) is 11.5 Å². The minimum atomic E-state index is -1.29. The molecule has 1 aromatic carbocycles. The number of hydrogen-bond donors (Lipinski definition) is 5. The molecule has 11 nitrogen and oxygen atoms in total. The minimum Gasteiger partial charge on any atom is -0.481 e. The molecular formula is C22H25N5O6. The number of aromatic nitrogens is 3. The summed E-state index contributed by atoms with van der Waals surface area (Å²) in [6, 6.07) is 7.21. The summed E-state index contributed by atoms with van der Waals surface area (Å²) in [4.78, 5) is 53.3. The number of fused-ring (bicyclic) bond motifs is 1. The summed E-state index contributed by atoms with van der Waals surface area (Å²) in [6.45, 7) is 2.52. The van der Waals surface area contributed by atoms with Crippen LogP contribution in [0.25, 0.3) is 11.0 Å². The van der Waals surface area contributed by atoms with Gasteiger partial charge in [-0.3, -0.25) is 14.4 Å². The number of carboxylic acids is 2. The number of carboxylic acid groups (broad SMARTS) is 2. The van der Waals surface area contributed by atoms with E-state index in [0.29, 0.717) is 17.6 Å². The third-order valence-electron chi connectivity index (χ3n) is 5.46. The minimum absolute atomic E-state index is 0.0389. The Morgan fingerprint density at radius 1 is 1.18 bits per heavy atom. The van der Waals surface area contributed by atoms with Crippen molar-refractivity contribution in [1.29, 1.82) is 0 Å². The first-order valence-corrected chi connectivity index (χ1v) is 10.4. The number of aromatic amines is 1. The third kappa shape index (κ3) is 5.56. The number of nitrogens with one attached hydrogen (secondary N) is 2. The lowest BCUT2D eigenvalue weighted by molar-refractivity contribution is -0.140. The standard InChI is InChI=1S/C22H25N5O6/c1-2-12(11-27-10-9-15-18(27)20(31)26-22(23)25-15)13-3-5-14(6-4-13)19(30)24-16(21(32)33)7-8-17(28)29/h3-6,9-10,12,16H,2,7-8,11H2,1H3,(H,24,30)(H,28,29)(H,32,33)(H3,23,25,26,31)/t12?,16-/m0/s1. The molecule has 11 heteroatoms. The number of nitrogens with zero attached hydrogens (tertiary/aromatic N) is 2. The topological polar surface area (TPSA) is 180 Å². The van der Waals surface area contributed by atoms with Gasteiger partial charge in [-0.2, -0.15) is 4.98 Å². The van der Waals surface area contributed by atoms with E-state index in [1.165, 1.54) is 0 Å². The molecule has 0 aliphatic rings. The predicted molar refractivity (Wildman–Crippen MR) is 120 cm³/mol. The second kappa shape index (κ2) is 9.98. The van der Waals surface area contributed by atoms with Crippen LogP contribution in [0.15, 0.2) is 41.3 Å². The molecule has 0 radical (unpaired) electrons. The van der Waals surface area contributed by atoms with Crippen LogP contribution in [0.1, 0.15) is 48.0 Å². The van der Waals surface area contributed by atoms with E-state index in [9.17, 15) is 24.3 Å². The van der Waals surface area contributed by atoms with Crippen molar-refractivity contribution in [2.75, 3.05) is 5.73 Å². The van der Waals surface area contributed by atoms with Crippen molar-refractivity contribution in [3.05, 3.63) is 58.0 Å². The van der Waals surface area contributed by atoms with Crippen LogP contribution in [0, 0.1) is 0 Å². The van der Waals surface area contributed by atoms with Gasteiger partial charge in [0.05, 0.1) is 5.52 Å². The Morgan fingerprint density at radius 3 is 2.48 bits per heavy atom. The molecule has 2 atom stereocenters. The van der Waals surface area contributed by atoms with Gasteiger partial charge in [0.15, 0.2) is 0 Å². The number of hydrogen-bond acceptors (Lipinski definition) is 6. The molecule has 0 aliphatic heterocycles. The average Bonchev–Trinajstić information content (AvgIpc) is 3.17. The van der Waals surface area contributed by atoms with Crippen LogP contribution in [-0.2, 0) is 16.1 Å². The normalized spacial score (nSPS) is 12.9. The van der Waals surface area contributed by atoms with E-state index in [1.54, 1.807) is 36.5 Å². The number of nitrogen functional groups attached to an aromatic ring is 1. The maximum atomic E-state index is 12.4. The van der Waals surface area contributed by atoms with Crippen molar-refractivity contribution in [3.63, 3.8) is 0 Å². The molecule has 174 valence electrons. The Morgan fingerprint density at radius 2 is 1.88 bits per heavy atom. The summed E-state index contributed by atoms with van der Waals surface area (Å²) in [6.07, 6.45) is 1.98. The van der Waals surface area contributed by atoms with Gasteiger partial charge in [-0.1, -0.05) is 19.1 Å². The smallest absolute Gasteiger partial charge is 0.326 e. The van der Waals surface area contributed by atoms with Crippen molar-refractivity contribution < 1.29 is 24.6 Å². The van der Waals surface area contributed by atoms with Gasteiger partial charge in [0.2, 0.25) is 5.95 Å². The number of amides is 1. The molecular weight excluding hydrogens is 430 g/mol. The van der Waals surface area contributed by atoms with Crippen molar-refractivity contribution in [2.24, 2.45) is 0 Å². The molecule has 33 heavy (non-hydrogen) atoms. The van der Waals surface area contributed by atoms with E-state index >= 15 is 0 Å². The number of carbonyl (C=O) groups is 3. The molecule has 0 bridgehead atoms. The molecule has 2 aromatic heterocycles. The lowest BCUT2D eigenvalue weighted by atomic mass is 9.95. The number of rotatable bonds is 10. The van der Waals surface area contributed by atoms with Crippen molar-refractivity contribution in [3.8, 4) is 0 Å². The fraction of sp³-hybridized carbons (Fsp3) is 0.318. The monoisotopic (exact) mass is 455 g/mol. The fourth-order valence-electron chi connectivity index (χ4n) is 3.67. The highest BCUT2D eigenvalue weighted by molar-refractivity contribution is 5.96. The number of aliphatic carboxylic acids is 2. The Kier molecular flexibility index (Phi) is 7.11. The molecule has 3 aromatic rings. The van der Waals surface area contributed by atoms with Gasteiger partial charge in [-0.25, -0.2) is 4.79 Å². The van der Waals surface area contributed by atoms with Crippen LogP contribution in [0.3, 0.4) is 0 Å². The SMILES string of the molecule is CCC(Cn1ccc2[nH]c(N)nc(=O)c21)c1ccc(C(=O)N[C@@H](CCC(=O)O)C(=O)O)cc1. The van der Waals surface area contributed by atoms with Gasteiger partial charge < -0.3 is 30.8 Å². The first-order chi connectivity index (χ1) is 15.7. The Bertz CT molecular complexity index is 1230. The van der Waals surface area contributed by atoms with E-state index in [-0.39, 0.29) is 30.3 Å².